The van der Waals surface area contributed by atoms with Gasteiger partial charge in [0.1, 0.15) is 11.4 Å². The molecule has 4 nitrogen and oxygen atoms in total. The van der Waals surface area contributed by atoms with Crippen LogP contribution in [0.3, 0.4) is 0 Å². The van der Waals surface area contributed by atoms with E-state index in [-0.39, 0.29) is 5.56 Å². The lowest BCUT2D eigenvalue weighted by Gasteiger charge is -2.03. The molecule has 0 atom stereocenters. The molecule has 0 spiro atoms. The molecule has 92 valence electrons. The fourth-order valence-electron chi connectivity index (χ4n) is 1.44. The van der Waals surface area contributed by atoms with Crippen LogP contribution in [-0.2, 0) is 6.42 Å². The SMILES string of the molecule is CCc1cc(Sc2cccc(C(=O)O)c2)ncn1. The summed E-state index contributed by atoms with van der Waals surface area (Å²) < 4.78 is 0. The first-order valence-electron chi connectivity index (χ1n) is 5.51. The van der Waals surface area contributed by atoms with E-state index in [0.29, 0.717) is 0 Å². The van der Waals surface area contributed by atoms with Gasteiger partial charge in [0.05, 0.1) is 5.56 Å². The summed E-state index contributed by atoms with van der Waals surface area (Å²) in [5.74, 6) is -0.922. The fourth-order valence-corrected chi connectivity index (χ4v) is 2.31. The number of aromatic carboxylic acids is 1. The molecule has 0 aliphatic heterocycles. The minimum Gasteiger partial charge on any atom is -0.478 e. The normalized spacial score (nSPS) is 10.3. The zero-order chi connectivity index (χ0) is 13.0. The highest BCUT2D eigenvalue weighted by Crippen LogP contribution is 2.26. The molecule has 5 heteroatoms. The predicted molar refractivity (Wildman–Crippen MR) is 68.9 cm³/mol. The molecule has 0 saturated carbocycles. The van der Waals surface area contributed by atoms with Gasteiger partial charge in [-0.25, -0.2) is 14.8 Å². The Labute approximate surface area is 109 Å². The number of benzene rings is 1. The first kappa shape index (κ1) is 12.6. The zero-order valence-corrected chi connectivity index (χ0v) is 10.6. The summed E-state index contributed by atoms with van der Waals surface area (Å²) in [6.07, 6.45) is 2.38. The maximum atomic E-state index is 10.9. The van der Waals surface area contributed by atoms with E-state index < -0.39 is 5.97 Å². The van der Waals surface area contributed by atoms with Gasteiger partial charge in [-0.15, -0.1) is 0 Å². The predicted octanol–water partition coefficient (Wildman–Crippen LogP) is 2.89. The largest absolute Gasteiger partial charge is 0.478 e. The number of rotatable bonds is 4. The van der Waals surface area contributed by atoms with E-state index in [1.807, 2.05) is 19.1 Å². The van der Waals surface area contributed by atoms with Crippen molar-refractivity contribution in [2.45, 2.75) is 23.3 Å². The first-order chi connectivity index (χ1) is 8.69. The zero-order valence-electron chi connectivity index (χ0n) is 9.83. The fraction of sp³-hybridized carbons (Fsp3) is 0.154. The van der Waals surface area contributed by atoms with Gasteiger partial charge in [0.15, 0.2) is 0 Å². The van der Waals surface area contributed by atoms with Crippen LogP contribution in [0, 0.1) is 0 Å². The Bertz CT molecular complexity index is 572. The van der Waals surface area contributed by atoms with Crippen molar-refractivity contribution in [1.29, 1.82) is 0 Å². The summed E-state index contributed by atoms with van der Waals surface area (Å²) in [6, 6.07) is 8.72. The summed E-state index contributed by atoms with van der Waals surface area (Å²) in [5, 5.41) is 9.75. The molecule has 18 heavy (non-hydrogen) atoms. The van der Waals surface area contributed by atoms with Gasteiger partial charge >= 0.3 is 5.97 Å². The van der Waals surface area contributed by atoms with E-state index in [2.05, 4.69) is 9.97 Å². The van der Waals surface area contributed by atoms with Crippen molar-refractivity contribution in [3.05, 3.63) is 47.9 Å². The molecule has 0 radical (unpaired) electrons. The summed E-state index contributed by atoms with van der Waals surface area (Å²) in [5.41, 5.74) is 1.26. The number of hydrogen-bond acceptors (Lipinski definition) is 4. The maximum absolute atomic E-state index is 10.9. The number of carbonyl (C=O) groups is 1. The standard InChI is InChI=1S/C13H12N2O2S/c1-2-10-7-12(15-8-14-10)18-11-5-3-4-9(6-11)13(16)17/h3-8H,2H2,1H3,(H,16,17). The molecule has 1 aromatic carbocycles. The van der Waals surface area contributed by atoms with Crippen molar-refractivity contribution in [2.24, 2.45) is 0 Å². The van der Waals surface area contributed by atoms with E-state index in [1.54, 1.807) is 18.2 Å². The van der Waals surface area contributed by atoms with Crippen LogP contribution in [0.25, 0.3) is 0 Å². The lowest BCUT2D eigenvalue weighted by molar-refractivity contribution is 0.0696. The van der Waals surface area contributed by atoms with Crippen molar-refractivity contribution >= 4 is 17.7 Å². The Morgan fingerprint density at radius 3 is 2.89 bits per heavy atom. The second kappa shape index (κ2) is 5.64. The third kappa shape index (κ3) is 3.07. The van der Waals surface area contributed by atoms with Crippen molar-refractivity contribution in [2.75, 3.05) is 0 Å². The van der Waals surface area contributed by atoms with Crippen LogP contribution in [0.15, 0.2) is 46.6 Å². The lowest BCUT2D eigenvalue weighted by atomic mass is 10.2. The Balaban J connectivity index is 2.22. The van der Waals surface area contributed by atoms with Crippen LogP contribution in [0.4, 0.5) is 0 Å². The number of aromatic nitrogens is 2. The van der Waals surface area contributed by atoms with Crippen molar-refractivity contribution < 1.29 is 9.90 Å². The quantitative estimate of drug-likeness (QED) is 0.856. The summed E-state index contributed by atoms with van der Waals surface area (Å²) in [7, 11) is 0. The number of aryl methyl sites for hydroxylation is 1. The Hall–Kier alpha value is -1.88. The summed E-state index contributed by atoms with van der Waals surface area (Å²) >= 11 is 1.43. The highest BCUT2D eigenvalue weighted by molar-refractivity contribution is 7.99. The molecular weight excluding hydrogens is 248 g/mol. The first-order valence-corrected chi connectivity index (χ1v) is 6.33. The van der Waals surface area contributed by atoms with E-state index >= 15 is 0 Å². The second-order valence-corrected chi connectivity index (χ2v) is 4.73. The number of nitrogens with zero attached hydrogens (tertiary/aromatic N) is 2. The molecule has 0 saturated heterocycles. The third-order valence-electron chi connectivity index (χ3n) is 2.36. The summed E-state index contributed by atoms with van der Waals surface area (Å²) in [6.45, 7) is 2.03. The van der Waals surface area contributed by atoms with Gasteiger partial charge in [-0.1, -0.05) is 24.8 Å². The molecule has 1 heterocycles. The van der Waals surface area contributed by atoms with Crippen molar-refractivity contribution in [3.8, 4) is 0 Å². The molecule has 1 N–H and O–H groups in total. The van der Waals surface area contributed by atoms with Gasteiger partial charge in [0.25, 0.3) is 0 Å². The van der Waals surface area contributed by atoms with Crippen molar-refractivity contribution in [1.82, 2.24) is 9.97 Å². The highest BCUT2D eigenvalue weighted by atomic mass is 32.2. The van der Waals surface area contributed by atoms with E-state index in [1.165, 1.54) is 18.1 Å². The van der Waals surface area contributed by atoms with Gasteiger partial charge in [0.2, 0.25) is 0 Å². The third-order valence-corrected chi connectivity index (χ3v) is 3.29. The minimum atomic E-state index is -0.922. The number of carboxylic acids is 1. The topological polar surface area (TPSA) is 63.1 Å². The number of hydrogen-bond donors (Lipinski definition) is 1. The van der Waals surface area contributed by atoms with Crippen LogP contribution in [0.5, 0.6) is 0 Å². The van der Waals surface area contributed by atoms with Crippen molar-refractivity contribution in [3.63, 3.8) is 0 Å². The summed E-state index contributed by atoms with van der Waals surface area (Å²) in [4.78, 5) is 20.0. The molecule has 1 aromatic heterocycles. The van der Waals surface area contributed by atoms with Gasteiger partial charge in [-0.3, -0.25) is 0 Å². The Morgan fingerprint density at radius 2 is 2.17 bits per heavy atom. The molecule has 0 amide bonds. The minimum absolute atomic E-state index is 0.282. The van der Waals surface area contributed by atoms with Crippen LogP contribution < -0.4 is 0 Å². The molecular formula is C13H12N2O2S. The molecule has 2 aromatic rings. The molecule has 0 aliphatic rings. The lowest BCUT2D eigenvalue weighted by Crippen LogP contribution is -1.95. The monoisotopic (exact) mass is 260 g/mol. The Kier molecular flexibility index (Phi) is 3.94. The second-order valence-electron chi connectivity index (χ2n) is 3.64. The molecule has 0 bridgehead atoms. The van der Waals surface area contributed by atoms with E-state index in [4.69, 9.17) is 5.11 Å². The average molecular weight is 260 g/mol. The van der Waals surface area contributed by atoms with E-state index in [0.717, 1.165) is 22.0 Å². The molecule has 0 unspecified atom stereocenters. The van der Waals surface area contributed by atoms with Gasteiger partial charge in [-0.2, -0.15) is 0 Å². The van der Waals surface area contributed by atoms with Gasteiger partial charge in [-0.05, 0) is 30.7 Å². The van der Waals surface area contributed by atoms with E-state index in [9.17, 15) is 4.79 Å². The smallest absolute Gasteiger partial charge is 0.335 e. The van der Waals surface area contributed by atoms with Crippen LogP contribution in [-0.4, -0.2) is 21.0 Å². The van der Waals surface area contributed by atoms with Crippen LogP contribution in [0.2, 0.25) is 0 Å². The van der Waals surface area contributed by atoms with Gasteiger partial charge < -0.3 is 5.11 Å². The van der Waals surface area contributed by atoms with Crippen LogP contribution in [0.1, 0.15) is 23.0 Å². The average Bonchev–Trinajstić information content (AvgIpc) is 2.39. The van der Waals surface area contributed by atoms with Gasteiger partial charge in [0, 0.05) is 10.6 Å². The van der Waals surface area contributed by atoms with Crippen LogP contribution >= 0.6 is 11.8 Å². The molecule has 0 aliphatic carbocycles. The Morgan fingerprint density at radius 1 is 1.33 bits per heavy atom. The molecule has 2 rings (SSSR count). The maximum Gasteiger partial charge on any atom is 0.335 e. The number of carboxylic acid groups (broad SMARTS) is 1. The highest BCUT2D eigenvalue weighted by Gasteiger charge is 2.05. The molecule has 0 fully saturated rings.